The highest BCUT2D eigenvalue weighted by atomic mass is 16.4. The van der Waals surface area contributed by atoms with Crippen molar-refractivity contribution in [2.24, 2.45) is 0 Å². The van der Waals surface area contributed by atoms with Gasteiger partial charge in [0.25, 0.3) is 5.91 Å². The van der Waals surface area contributed by atoms with Crippen LogP contribution in [0, 0.1) is 0 Å². The number of carbonyl (C=O) groups excluding carboxylic acids is 1. The zero-order valence-electron chi connectivity index (χ0n) is 11.2. The maximum Gasteiger partial charge on any atom is 0.335 e. The monoisotopic (exact) mass is 282 g/mol. The molecule has 0 spiro atoms. The summed E-state index contributed by atoms with van der Waals surface area (Å²) >= 11 is 0. The van der Waals surface area contributed by atoms with Crippen molar-refractivity contribution in [1.29, 1.82) is 0 Å². The van der Waals surface area contributed by atoms with E-state index in [0.717, 1.165) is 16.8 Å². The zero-order valence-corrected chi connectivity index (χ0v) is 11.2. The quantitative estimate of drug-likeness (QED) is 0.803. The smallest absolute Gasteiger partial charge is 0.335 e. The first kappa shape index (κ1) is 13.2. The Balaban J connectivity index is 1.72. The van der Waals surface area contributed by atoms with Gasteiger partial charge in [-0.2, -0.15) is 0 Å². The van der Waals surface area contributed by atoms with Crippen LogP contribution < -0.4 is 10.6 Å². The van der Waals surface area contributed by atoms with Gasteiger partial charge in [-0.1, -0.05) is 12.1 Å². The number of fused-ring (bicyclic) bond motifs is 1. The van der Waals surface area contributed by atoms with E-state index < -0.39 is 5.97 Å². The minimum Gasteiger partial charge on any atom is -0.478 e. The molecule has 0 aliphatic carbocycles. The number of amides is 1. The average Bonchev–Trinajstić information content (AvgIpc) is 2.86. The van der Waals surface area contributed by atoms with Crippen LogP contribution in [0.15, 0.2) is 42.5 Å². The minimum atomic E-state index is -0.932. The summed E-state index contributed by atoms with van der Waals surface area (Å²) in [6.07, 6.45) is 0. The second kappa shape index (κ2) is 5.28. The molecule has 2 aromatic carbocycles. The number of hydrogen-bond acceptors (Lipinski definition) is 3. The third-order valence-corrected chi connectivity index (χ3v) is 3.46. The molecule has 2 aromatic rings. The summed E-state index contributed by atoms with van der Waals surface area (Å²) < 4.78 is 0. The summed E-state index contributed by atoms with van der Waals surface area (Å²) in [6, 6.07) is 12.4. The van der Waals surface area contributed by atoms with Crippen LogP contribution in [0.4, 0.5) is 5.69 Å². The molecule has 0 bridgehead atoms. The minimum absolute atomic E-state index is 0.0364. The molecule has 0 unspecified atom stereocenters. The fourth-order valence-corrected chi connectivity index (χ4v) is 2.36. The van der Waals surface area contributed by atoms with Crippen LogP contribution >= 0.6 is 0 Å². The number of carbonyl (C=O) groups is 2. The van der Waals surface area contributed by atoms with Crippen LogP contribution in [0.1, 0.15) is 31.8 Å². The van der Waals surface area contributed by atoms with Crippen LogP contribution in [0.3, 0.4) is 0 Å². The molecule has 0 aromatic heterocycles. The molecule has 1 heterocycles. The SMILES string of the molecule is O=C(O)c1cccc(CNc2ccc3c(c2)CNC3=O)c1. The van der Waals surface area contributed by atoms with Gasteiger partial charge in [0, 0.05) is 24.3 Å². The molecule has 21 heavy (non-hydrogen) atoms. The number of anilines is 1. The van der Waals surface area contributed by atoms with Gasteiger partial charge in [0.2, 0.25) is 0 Å². The molecular formula is C16H14N2O3. The summed E-state index contributed by atoms with van der Waals surface area (Å²) in [7, 11) is 0. The first-order valence-electron chi connectivity index (χ1n) is 6.61. The fourth-order valence-electron chi connectivity index (χ4n) is 2.36. The Labute approximate surface area is 121 Å². The third kappa shape index (κ3) is 2.72. The summed E-state index contributed by atoms with van der Waals surface area (Å²) in [5, 5.41) is 15.0. The Kier molecular flexibility index (Phi) is 3.31. The van der Waals surface area contributed by atoms with Crippen molar-refractivity contribution >= 4 is 17.6 Å². The van der Waals surface area contributed by atoms with Crippen molar-refractivity contribution in [3.8, 4) is 0 Å². The van der Waals surface area contributed by atoms with Gasteiger partial charge in [0.15, 0.2) is 0 Å². The summed E-state index contributed by atoms with van der Waals surface area (Å²) in [6.45, 7) is 1.08. The van der Waals surface area contributed by atoms with Gasteiger partial charge in [-0.3, -0.25) is 4.79 Å². The van der Waals surface area contributed by atoms with E-state index in [9.17, 15) is 9.59 Å². The van der Waals surface area contributed by atoms with E-state index in [-0.39, 0.29) is 11.5 Å². The molecule has 1 aliphatic heterocycles. The van der Waals surface area contributed by atoms with Gasteiger partial charge in [-0.05, 0) is 41.5 Å². The Hall–Kier alpha value is -2.82. The Morgan fingerprint density at radius 1 is 1.24 bits per heavy atom. The van der Waals surface area contributed by atoms with Crippen molar-refractivity contribution in [3.05, 3.63) is 64.7 Å². The van der Waals surface area contributed by atoms with Crippen LogP contribution in [0.5, 0.6) is 0 Å². The van der Waals surface area contributed by atoms with E-state index in [2.05, 4.69) is 10.6 Å². The highest BCUT2D eigenvalue weighted by Crippen LogP contribution is 2.20. The van der Waals surface area contributed by atoms with E-state index >= 15 is 0 Å². The standard InChI is InChI=1S/C16H14N2O3/c19-15-14-5-4-13(7-12(14)9-18-15)17-8-10-2-1-3-11(6-10)16(20)21/h1-7,17H,8-9H2,(H,18,19)(H,20,21). The number of aromatic carboxylic acids is 1. The maximum atomic E-state index is 11.5. The Bertz CT molecular complexity index is 725. The summed E-state index contributed by atoms with van der Waals surface area (Å²) in [5.41, 5.74) is 3.77. The number of rotatable bonds is 4. The van der Waals surface area contributed by atoms with Gasteiger partial charge < -0.3 is 15.7 Å². The molecule has 0 atom stereocenters. The number of benzene rings is 2. The number of hydrogen-bond donors (Lipinski definition) is 3. The van der Waals surface area contributed by atoms with Crippen LogP contribution in [0.2, 0.25) is 0 Å². The Morgan fingerprint density at radius 2 is 2.10 bits per heavy atom. The largest absolute Gasteiger partial charge is 0.478 e. The van der Waals surface area contributed by atoms with Crippen molar-refractivity contribution in [2.75, 3.05) is 5.32 Å². The molecule has 1 aliphatic rings. The van der Waals surface area contributed by atoms with Gasteiger partial charge >= 0.3 is 5.97 Å². The van der Waals surface area contributed by atoms with Gasteiger partial charge in [0.1, 0.15) is 0 Å². The van der Waals surface area contributed by atoms with Crippen molar-refractivity contribution in [1.82, 2.24) is 5.32 Å². The number of carboxylic acids is 1. The van der Waals surface area contributed by atoms with E-state index in [0.29, 0.717) is 18.7 Å². The van der Waals surface area contributed by atoms with E-state index in [1.807, 2.05) is 18.2 Å². The first-order valence-corrected chi connectivity index (χ1v) is 6.61. The number of carboxylic acid groups (broad SMARTS) is 1. The normalized spacial score (nSPS) is 12.7. The van der Waals surface area contributed by atoms with E-state index in [1.54, 1.807) is 24.3 Å². The molecule has 3 rings (SSSR count). The average molecular weight is 282 g/mol. The lowest BCUT2D eigenvalue weighted by molar-refractivity contribution is 0.0696. The van der Waals surface area contributed by atoms with Gasteiger partial charge in [0.05, 0.1) is 5.56 Å². The summed E-state index contributed by atoms with van der Waals surface area (Å²) in [5.74, 6) is -0.968. The van der Waals surface area contributed by atoms with Gasteiger partial charge in [-0.25, -0.2) is 4.79 Å². The molecular weight excluding hydrogens is 268 g/mol. The predicted octanol–water partition coefficient (Wildman–Crippen LogP) is 2.24. The molecule has 0 saturated carbocycles. The molecule has 106 valence electrons. The molecule has 5 heteroatoms. The second-order valence-electron chi connectivity index (χ2n) is 4.91. The summed E-state index contributed by atoms with van der Waals surface area (Å²) in [4.78, 5) is 22.4. The lowest BCUT2D eigenvalue weighted by Crippen LogP contribution is -2.12. The highest BCUT2D eigenvalue weighted by Gasteiger charge is 2.18. The van der Waals surface area contributed by atoms with E-state index in [4.69, 9.17) is 5.11 Å². The Morgan fingerprint density at radius 3 is 2.90 bits per heavy atom. The maximum absolute atomic E-state index is 11.5. The van der Waals surface area contributed by atoms with E-state index in [1.165, 1.54) is 0 Å². The molecule has 1 amide bonds. The highest BCUT2D eigenvalue weighted by molar-refractivity contribution is 5.98. The van der Waals surface area contributed by atoms with Gasteiger partial charge in [-0.15, -0.1) is 0 Å². The topological polar surface area (TPSA) is 78.4 Å². The zero-order chi connectivity index (χ0) is 14.8. The molecule has 3 N–H and O–H groups in total. The van der Waals surface area contributed by atoms with Crippen molar-refractivity contribution in [2.45, 2.75) is 13.1 Å². The lowest BCUT2D eigenvalue weighted by Gasteiger charge is -2.08. The lowest BCUT2D eigenvalue weighted by atomic mass is 10.1. The number of nitrogens with one attached hydrogen (secondary N) is 2. The molecule has 0 fully saturated rings. The van der Waals surface area contributed by atoms with Crippen molar-refractivity contribution in [3.63, 3.8) is 0 Å². The van der Waals surface area contributed by atoms with Crippen LogP contribution in [-0.4, -0.2) is 17.0 Å². The van der Waals surface area contributed by atoms with Crippen LogP contribution in [0.25, 0.3) is 0 Å². The molecule has 5 nitrogen and oxygen atoms in total. The predicted molar refractivity (Wildman–Crippen MR) is 78.3 cm³/mol. The van der Waals surface area contributed by atoms with Crippen LogP contribution in [-0.2, 0) is 13.1 Å². The molecule has 0 radical (unpaired) electrons. The fraction of sp³-hybridized carbons (Fsp3) is 0.125. The third-order valence-electron chi connectivity index (χ3n) is 3.46. The van der Waals surface area contributed by atoms with Crippen molar-refractivity contribution < 1.29 is 14.7 Å². The first-order chi connectivity index (χ1) is 10.1. The molecule has 0 saturated heterocycles. The second-order valence-corrected chi connectivity index (χ2v) is 4.91.